The molecule has 2 aromatic carbocycles. The molecule has 0 saturated carbocycles. The van der Waals surface area contributed by atoms with Gasteiger partial charge >= 0.3 is 17.8 Å². The lowest BCUT2D eigenvalue weighted by atomic mass is 10.1. The lowest BCUT2D eigenvalue weighted by molar-refractivity contribution is -0.136. The fourth-order valence-electron chi connectivity index (χ4n) is 1.65. The number of halogens is 1. The molecule has 0 atom stereocenters. The van der Waals surface area contributed by atoms with Gasteiger partial charge in [-0.25, -0.2) is 14.6 Å². The zero-order valence-electron chi connectivity index (χ0n) is 12.2. The Morgan fingerprint density at radius 3 is 2.17 bits per heavy atom. The summed E-state index contributed by atoms with van der Waals surface area (Å²) in [6, 6.07) is 10.7. The first-order valence-corrected chi connectivity index (χ1v) is 6.69. The van der Waals surface area contributed by atoms with E-state index in [1.165, 1.54) is 42.6 Å². The topological polar surface area (TPSA) is 108 Å². The summed E-state index contributed by atoms with van der Waals surface area (Å²) in [6.45, 7) is 0. The number of nitrogens with zero attached hydrogens (tertiary/aromatic N) is 1. The van der Waals surface area contributed by atoms with Gasteiger partial charge in [-0.3, -0.25) is 9.59 Å². The molecule has 0 fully saturated rings. The lowest BCUT2D eigenvalue weighted by Crippen LogP contribution is -2.32. The van der Waals surface area contributed by atoms with Gasteiger partial charge in [-0.1, -0.05) is 12.1 Å². The summed E-state index contributed by atoms with van der Waals surface area (Å²) in [7, 11) is 0. The first-order chi connectivity index (χ1) is 11.5. The van der Waals surface area contributed by atoms with Crippen LogP contribution >= 0.6 is 0 Å². The maximum absolute atomic E-state index is 12.7. The van der Waals surface area contributed by atoms with Crippen molar-refractivity contribution in [1.82, 2.24) is 5.43 Å². The molecule has 0 spiro atoms. The Morgan fingerprint density at radius 1 is 0.958 bits per heavy atom. The van der Waals surface area contributed by atoms with Crippen LogP contribution in [0.1, 0.15) is 15.9 Å². The average molecular weight is 329 g/mol. The second kappa shape index (κ2) is 7.63. The molecule has 8 heteroatoms. The fraction of sp³-hybridized carbons (Fsp3) is 0. The summed E-state index contributed by atoms with van der Waals surface area (Å²) in [5.41, 5.74) is 2.96. The number of amides is 2. The number of aromatic carboxylic acids is 1. The number of carbonyl (C=O) groups is 3. The average Bonchev–Trinajstić information content (AvgIpc) is 2.57. The Kier molecular flexibility index (Phi) is 5.35. The van der Waals surface area contributed by atoms with Crippen molar-refractivity contribution in [2.75, 3.05) is 5.32 Å². The van der Waals surface area contributed by atoms with E-state index in [1.54, 1.807) is 0 Å². The van der Waals surface area contributed by atoms with Gasteiger partial charge in [-0.05, 0) is 42.0 Å². The maximum Gasteiger partial charge on any atom is 0.335 e. The molecule has 0 heterocycles. The second-order valence-electron chi connectivity index (χ2n) is 4.59. The molecule has 3 N–H and O–H groups in total. The summed E-state index contributed by atoms with van der Waals surface area (Å²) in [4.78, 5) is 33.9. The van der Waals surface area contributed by atoms with Crippen molar-refractivity contribution in [3.8, 4) is 0 Å². The van der Waals surface area contributed by atoms with Crippen LogP contribution in [0.25, 0.3) is 0 Å². The monoisotopic (exact) mass is 329 g/mol. The Hall–Kier alpha value is -3.55. The summed E-state index contributed by atoms with van der Waals surface area (Å²) < 4.78 is 12.7. The molecular weight excluding hydrogens is 317 g/mol. The molecule has 0 saturated heterocycles. The Balaban J connectivity index is 1.88. The molecule has 2 amide bonds. The number of carboxylic acid groups (broad SMARTS) is 1. The summed E-state index contributed by atoms with van der Waals surface area (Å²) in [5, 5.41) is 14.6. The molecular formula is C16H12FN3O4. The largest absolute Gasteiger partial charge is 0.478 e. The third-order valence-electron chi connectivity index (χ3n) is 2.85. The van der Waals surface area contributed by atoms with Gasteiger partial charge in [0, 0.05) is 5.69 Å². The first-order valence-electron chi connectivity index (χ1n) is 6.69. The van der Waals surface area contributed by atoms with Crippen molar-refractivity contribution < 1.29 is 23.9 Å². The minimum Gasteiger partial charge on any atom is -0.478 e. The van der Waals surface area contributed by atoms with Crippen molar-refractivity contribution in [1.29, 1.82) is 0 Å². The highest BCUT2D eigenvalue weighted by Crippen LogP contribution is 2.07. The lowest BCUT2D eigenvalue weighted by Gasteiger charge is -2.03. The molecule has 0 aliphatic rings. The van der Waals surface area contributed by atoms with Gasteiger partial charge in [0.05, 0.1) is 11.8 Å². The zero-order valence-corrected chi connectivity index (χ0v) is 12.2. The number of carboxylic acids is 1. The van der Waals surface area contributed by atoms with Crippen LogP contribution in [0.3, 0.4) is 0 Å². The minimum atomic E-state index is -1.05. The fourth-order valence-corrected chi connectivity index (χ4v) is 1.65. The number of nitrogens with one attached hydrogen (secondary N) is 2. The SMILES string of the molecule is O=C(N/N=C\c1ccc(C(=O)O)cc1)C(=O)Nc1ccc(F)cc1. The van der Waals surface area contributed by atoms with Crippen molar-refractivity contribution >= 4 is 29.7 Å². The third-order valence-corrected chi connectivity index (χ3v) is 2.85. The number of anilines is 1. The van der Waals surface area contributed by atoms with Crippen LogP contribution < -0.4 is 10.7 Å². The molecule has 0 aliphatic carbocycles. The third kappa shape index (κ3) is 4.73. The van der Waals surface area contributed by atoms with Crippen molar-refractivity contribution in [3.63, 3.8) is 0 Å². The van der Waals surface area contributed by atoms with E-state index in [-0.39, 0.29) is 11.3 Å². The number of carbonyl (C=O) groups excluding carboxylic acids is 2. The van der Waals surface area contributed by atoms with Crippen LogP contribution in [0.2, 0.25) is 0 Å². The molecule has 0 aromatic heterocycles. The summed E-state index contributed by atoms with van der Waals surface area (Å²) in [5.74, 6) is -3.47. The van der Waals surface area contributed by atoms with Gasteiger partial charge in [0.15, 0.2) is 0 Å². The number of hydrazone groups is 1. The maximum atomic E-state index is 12.7. The molecule has 7 nitrogen and oxygen atoms in total. The molecule has 0 unspecified atom stereocenters. The predicted molar refractivity (Wildman–Crippen MR) is 84.2 cm³/mol. The van der Waals surface area contributed by atoms with Crippen LogP contribution in [-0.2, 0) is 9.59 Å². The van der Waals surface area contributed by atoms with Gasteiger partial charge in [0.1, 0.15) is 5.82 Å². The van der Waals surface area contributed by atoms with Crippen molar-refractivity contribution in [2.24, 2.45) is 5.10 Å². The number of rotatable bonds is 4. The highest BCUT2D eigenvalue weighted by Gasteiger charge is 2.12. The van der Waals surface area contributed by atoms with Crippen molar-refractivity contribution in [2.45, 2.75) is 0 Å². The van der Waals surface area contributed by atoms with E-state index in [0.29, 0.717) is 5.56 Å². The quantitative estimate of drug-likeness (QED) is 0.450. The Morgan fingerprint density at radius 2 is 1.58 bits per heavy atom. The van der Waals surface area contributed by atoms with E-state index in [1.807, 2.05) is 5.43 Å². The number of hydrogen-bond donors (Lipinski definition) is 3. The minimum absolute atomic E-state index is 0.120. The zero-order chi connectivity index (χ0) is 17.5. The molecule has 2 aromatic rings. The van der Waals surface area contributed by atoms with E-state index >= 15 is 0 Å². The van der Waals surface area contributed by atoms with Gasteiger partial charge in [0.2, 0.25) is 0 Å². The first kappa shape index (κ1) is 16.8. The molecule has 0 aliphatic heterocycles. The normalized spacial score (nSPS) is 10.4. The Bertz CT molecular complexity index is 786. The predicted octanol–water partition coefficient (Wildman–Crippen LogP) is 1.61. The number of hydrogen-bond acceptors (Lipinski definition) is 4. The number of benzene rings is 2. The van der Waals surface area contributed by atoms with Crippen LogP contribution in [-0.4, -0.2) is 29.1 Å². The second-order valence-corrected chi connectivity index (χ2v) is 4.59. The standard InChI is InChI=1S/C16H12FN3O4/c17-12-5-7-13(8-6-12)19-14(21)15(22)20-18-9-10-1-3-11(4-2-10)16(23)24/h1-9H,(H,19,21)(H,20,22)(H,23,24)/b18-9-. The van der Waals surface area contributed by atoms with Gasteiger partial charge < -0.3 is 10.4 Å². The van der Waals surface area contributed by atoms with Crippen LogP contribution in [0, 0.1) is 5.82 Å². The highest BCUT2D eigenvalue weighted by molar-refractivity contribution is 6.39. The van der Waals surface area contributed by atoms with Crippen LogP contribution in [0.15, 0.2) is 53.6 Å². The van der Waals surface area contributed by atoms with E-state index in [4.69, 9.17) is 5.11 Å². The van der Waals surface area contributed by atoms with E-state index in [2.05, 4.69) is 10.4 Å². The molecule has 2 rings (SSSR count). The summed E-state index contributed by atoms with van der Waals surface area (Å²) in [6.07, 6.45) is 1.26. The van der Waals surface area contributed by atoms with Crippen LogP contribution in [0.5, 0.6) is 0 Å². The highest BCUT2D eigenvalue weighted by atomic mass is 19.1. The smallest absolute Gasteiger partial charge is 0.335 e. The van der Waals surface area contributed by atoms with Gasteiger partial charge in [-0.15, -0.1) is 0 Å². The molecule has 0 radical (unpaired) electrons. The van der Waals surface area contributed by atoms with Crippen molar-refractivity contribution in [3.05, 3.63) is 65.5 Å². The van der Waals surface area contributed by atoms with Gasteiger partial charge in [0.25, 0.3) is 0 Å². The van der Waals surface area contributed by atoms with E-state index < -0.39 is 23.6 Å². The molecule has 122 valence electrons. The van der Waals surface area contributed by atoms with E-state index in [9.17, 15) is 18.8 Å². The summed E-state index contributed by atoms with van der Waals surface area (Å²) >= 11 is 0. The molecule has 0 bridgehead atoms. The van der Waals surface area contributed by atoms with Crippen LogP contribution in [0.4, 0.5) is 10.1 Å². The van der Waals surface area contributed by atoms with Gasteiger partial charge in [-0.2, -0.15) is 5.10 Å². The molecule has 24 heavy (non-hydrogen) atoms. The Labute approximate surface area is 135 Å². The van der Waals surface area contributed by atoms with E-state index in [0.717, 1.165) is 12.1 Å².